The van der Waals surface area contributed by atoms with E-state index in [4.69, 9.17) is 5.73 Å². The molecule has 0 saturated carbocycles. The maximum atomic E-state index is 13.6. The molecular weight excluding hydrogens is 189 g/mol. The second-order valence-corrected chi connectivity index (χ2v) is 4.59. The monoisotopic (exact) mass is 207 g/mol. The molecule has 0 bridgehead atoms. The van der Waals surface area contributed by atoms with Crippen molar-refractivity contribution in [1.29, 1.82) is 0 Å². The van der Waals surface area contributed by atoms with Crippen molar-refractivity contribution in [3.63, 3.8) is 0 Å². The summed E-state index contributed by atoms with van der Waals surface area (Å²) in [6, 6.07) is 5.41. The molecule has 2 atom stereocenters. The van der Waals surface area contributed by atoms with Gasteiger partial charge in [0.15, 0.2) is 0 Å². The van der Waals surface area contributed by atoms with E-state index in [0.717, 1.165) is 24.8 Å². The summed E-state index contributed by atoms with van der Waals surface area (Å²) < 4.78 is 13.6. The second kappa shape index (κ2) is 4.31. The Morgan fingerprint density at radius 3 is 3.07 bits per heavy atom. The number of fused-ring (bicyclic) bond motifs is 1. The Labute approximate surface area is 90.5 Å². The van der Waals surface area contributed by atoms with Gasteiger partial charge in [-0.25, -0.2) is 4.39 Å². The van der Waals surface area contributed by atoms with Crippen LogP contribution in [0.25, 0.3) is 0 Å². The van der Waals surface area contributed by atoms with Crippen LogP contribution in [0.5, 0.6) is 0 Å². The summed E-state index contributed by atoms with van der Waals surface area (Å²) in [5.41, 5.74) is 7.78. The first-order valence-corrected chi connectivity index (χ1v) is 5.68. The summed E-state index contributed by atoms with van der Waals surface area (Å²) >= 11 is 0. The molecule has 0 aromatic heterocycles. The zero-order valence-electron chi connectivity index (χ0n) is 9.17. The van der Waals surface area contributed by atoms with Gasteiger partial charge in [0.25, 0.3) is 0 Å². The van der Waals surface area contributed by atoms with Crippen LogP contribution in [0.1, 0.15) is 24.5 Å². The van der Waals surface area contributed by atoms with E-state index in [9.17, 15) is 4.39 Å². The average molecular weight is 207 g/mol. The van der Waals surface area contributed by atoms with Gasteiger partial charge in [-0.05, 0) is 54.8 Å². The SMILES string of the molecule is CC(CN)C1CCc2cccc(F)c2C1. The molecule has 1 aliphatic rings. The molecule has 1 aromatic carbocycles. The molecule has 0 spiro atoms. The van der Waals surface area contributed by atoms with Crippen molar-refractivity contribution in [1.82, 2.24) is 0 Å². The number of hydrogen-bond acceptors (Lipinski definition) is 1. The molecule has 0 aliphatic heterocycles. The Morgan fingerprint density at radius 1 is 1.53 bits per heavy atom. The van der Waals surface area contributed by atoms with E-state index in [1.807, 2.05) is 6.07 Å². The van der Waals surface area contributed by atoms with E-state index in [-0.39, 0.29) is 5.82 Å². The maximum absolute atomic E-state index is 13.6. The van der Waals surface area contributed by atoms with Gasteiger partial charge in [0.1, 0.15) is 5.82 Å². The normalized spacial score (nSPS) is 22.2. The molecule has 1 nitrogen and oxygen atoms in total. The Bertz CT molecular complexity index is 348. The molecule has 2 unspecified atom stereocenters. The van der Waals surface area contributed by atoms with Crippen molar-refractivity contribution in [3.8, 4) is 0 Å². The van der Waals surface area contributed by atoms with Gasteiger partial charge in [-0.2, -0.15) is 0 Å². The van der Waals surface area contributed by atoms with E-state index in [1.54, 1.807) is 12.1 Å². The van der Waals surface area contributed by atoms with Crippen LogP contribution >= 0.6 is 0 Å². The lowest BCUT2D eigenvalue weighted by molar-refractivity contribution is 0.322. The quantitative estimate of drug-likeness (QED) is 0.792. The summed E-state index contributed by atoms with van der Waals surface area (Å²) in [4.78, 5) is 0. The largest absolute Gasteiger partial charge is 0.330 e. The third-order valence-corrected chi connectivity index (χ3v) is 3.64. The van der Waals surface area contributed by atoms with Gasteiger partial charge in [-0.1, -0.05) is 19.1 Å². The van der Waals surface area contributed by atoms with E-state index in [2.05, 4.69) is 6.92 Å². The smallest absolute Gasteiger partial charge is 0.126 e. The fourth-order valence-electron chi connectivity index (χ4n) is 2.45. The molecule has 1 aromatic rings. The molecule has 0 radical (unpaired) electrons. The zero-order valence-corrected chi connectivity index (χ0v) is 9.17. The van der Waals surface area contributed by atoms with Crippen LogP contribution in [0.2, 0.25) is 0 Å². The van der Waals surface area contributed by atoms with Crippen molar-refractivity contribution >= 4 is 0 Å². The van der Waals surface area contributed by atoms with Gasteiger partial charge in [0.2, 0.25) is 0 Å². The predicted molar refractivity (Wildman–Crippen MR) is 60.1 cm³/mol. The highest BCUT2D eigenvalue weighted by Crippen LogP contribution is 2.31. The highest BCUT2D eigenvalue weighted by molar-refractivity contribution is 5.31. The number of hydrogen-bond donors (Lipinski definition) is 1. The van der Waals surface area contributed by atoms with Crippen molar-refractivity contribution in [2.45, 2.75) is 26.2 Å². The molecule has 1 aliphatic carbocycles. The average Bonchev–Trinajstić information content (AvgIpc) is 2.28. The van der Waals surface area contributed by atoms with Gasteiger partial charge in [0, 0.05) is 0 Å². The summed E-state index contributed by atoms with van der Waals surface area (Å²) in [5, 5.41) is 0. The molecular formula is C13H18FN. The summed E-state index contributed by atoms with van der Waals surface area (Å²) in [6.45, 7) is 2.87. The van der Waals surface area contributed by atoms with E-state index in [0.29, 0.717) is 18.4 Å². The predicted octanol–water partition coefficient (Wildman–Crippen LogP) is 2.53. The Morgan fingerprint density at radius 2 is 2.33 bits per heavy atom. The van der Waals surface area contributed by atoms with Crippen LogP contribution in [0.3, 0.4) is 0 Å². The van der Waals surface area contributed by atoms with Gasteiger partial charge >= 0.3 is 0 Å². The van der Waals surface area contributed by atoms with Crippen molar-refractivity contribution < 1.29 is 4.39 Å². The number of halogens is 1. The molecule has 0 fully saturated rings. The fraction of sp³-hybridized carbons (Fsp3) is 0.538. The Balaban J connectivity index is 2.22. The third kappa shape index (κ3) is 2.05. The molecule has 0 heterocycles. The lowest BCUT2D eigenvalue weighted by atomic mass is 9.77. The van der Waals surface area contributed by atoms with E-state index >= 15 is 0 Å². The summed E-state index contributed by atoms with van der Waals surface area (Å²) in [7, 11) is 0. The topological polar surface area (TPSA) is 26.0 Å². The standard InChI is InChI=1S/C13H18FN/c1-9(8-15)11-6-5-10-3-2-4-13(14)12(10)7-11/h2-4,9,11H,5-8,15H2,1H3. The van der Waals surface area contributed by atoms with Crippen LogP contribution in [-0.2, 0) is 12.8 Å². The summed E-state index contributed by atoms with van der Waals surface area (Å²) in [6.07, 6.45) is 3.01. The molecule has 2 rings (SSSR count). The fourth-order valence-corrected chi connectivity index (χ4v) is 2.45. The van der Waals surface area contributed by atoms with Crippen LogP contribution in [0.15, 0.2) is 18.2 Å². The van der Waals surface area contributed by atoms with Gasteiger partial charge in [-0.3, -0.25) is 0 Å². The van der Waals surface area contributed by atoms with Gasteiger partial charge in [-0.15, -0.1) is 0 Å². The van der Waals surface area contributed by atoms with Crippen LogP contribution in [-0.4, -0.2) is 6.54 Å². The second-order valence-electron chi connectivity index (χ2n) is 4.59. The molecule has 2 heteroatoms. The van der Waals surface area contributed by atoms with Crippen LogP contribution in [0, 0.1) is 17.7 Å². The van der Waals surface area contributed by atoms with Gasteiger partial charge < -0.3 is 5.73 Å². The lowest BCUT2D eigenvalue weighted by Crippen LogP contribution is -2.26. The minimum Gasteiger partial charge on any atom is -0.330 e. The Kier molecular flexibility index (Phi) is 3.06. The van der Waals surface area contributed by atoms with Crippen molar-refractivity contribution in [2.75, 3.05) is 6.54 Å². The zero-order chi connectivity index (χ0) is 10.8. The number of nitrogens with two attached hydrogens (primary N) is 1. The third-order valence-electron chi connectivity index (χ3n) is 3.64. The van der Waals surface area contributed by atoms with Crippen molar-refractivity contribution in [2.24, 2.45) is 17.6 Å². The lowest BCUT2D eigenvalue weighted by Gasteiger charge is -2.28. The minimum atomic E-state index is -0.0404. The number of aryl methyl sites for hydroxylation is 1. The highest BCUT2D eigenvalue weighted by atomic mass is 19.1. The molecule has 15 heavy (non-hydrogen) atoms. The van der Waals surface area contributed by atoms with E-state index in [1.165, 1.54) is 5.56 Å². The van der Waals surface area contributed by atoms with E-state index < -0.39 is 0 Å². The number of rotatable bonds is 2. The molecule has 82 valence electrons. The molecule has 0 amide bonds. The summed E-state index contributed by atoms with van der Waals surface area (Å²) in [5.74, 6) is 1.01. The first-order valence-electron chi connectivity index (χ1n) is 5.68. The minimum absolute atomic E-state index is 0.0404. The highest BCUT2D eigenvalue weighted by Gasteiger charge is 2.24. The van der Waals surface area contributed by atoms with Crippen molar-refractivity contribution in [3.05, 3.63) is 35.1 Å². The maximum Gasteiger partial charge on any atom is 0.126 e. The number of benzene rings is 1. The molecule has 2 N–H and O–H groups in total. The first kappa shape index (κ1) is 10.6. The Hall–Kier alpha value is -0.890. The van der Waals surface area contributed by atoms with Crippen LogP contribution < -0.4 is 5.73 Å². The van der Waals surface area contributed by atoms with Crippen LogP contribution in [0.4, 0.5) is 4.39 Å². The molecule has 0 saturated heterocycles. The first-order chi connectivity index (χ1) is 7.22. The van der Waals surface area contributed by atoms with Gasteiger partial charge in [0.05, 0.1) is 0 Å².